The number of carbonyl (C=O) groups excluding carboxylic acids is 2. The van der Waals surface area contributed by atoms with E-state index in [2.05, 4.69) is 12.2 Å². The normalized spacial score (nSPS) is 16.2. The van der Waals surface area contributed by atoms with Gasteiger partial charge in [-0.3, -0.25) is 9.59 Å². The molecule has 0 bridgehead atoms. The largest absolute Gasteiger partial charge is 0.417 e. The first-order valence-corrected chi connectivity index (χ1v) is 6.07. The van der Waals surface area contributed by atoms with E-state index in [-0.39, 0.29) is 24.5 Å². The lowest BCUT2D eigenvalue weighted by molar-refractivity contribution is -0.139. The Morgan fingerprint density at radius 1 is 1.24 bits per heavy atom. The van der Waals surface area contributed by atoms with Crippen LogP contribution >= 0.6 is 12.2 Å². The number of ether oxygens (including phenoxy) is 1. The van der Waals surface area contributed by atoms with Crippen LogP contribution in [0.1, 0.15) is 11.1 Å². The molecule has 1 aliphatic heterocycles. The molecule has 0 atom stereocenters. The minimum atomic E-state index is -4.72. The molecule has 1 aromatic rings. The zero-order chi connectivity index (χ0) is 15.8. The fourth-order valence-corrected chi connectivity index (χ4v) is 2.08. The lowest BCUT2D eigenvalue weighted by Crippen LogP contribution is -2.46. The fourth-order valence-electron chi connectivity index (χ4n) is 1.90. The van der Waals surface area contributed by atoms with E-state index in [1.165, 1.54) is 6.07 Å². The van der Waals surface area contributed by atoms with Gasteiger partial charge in [0.05, 0.1) is 11.3 Å². The van der Waals surface area contributed by atoms with Gasteiger partial charge in [-0.1, -0.05) is 12.2 Å². The van der Waals surface area contributed by atoms with Crippen LogP contribution in [0.25, 0.3) is 0 Å². The topological polar surface area (TPSA) is 72.6 Å². The summed E-state index contributed by atoms with van der Waals surface area (Å²) in [6, 6.07) is 2.90. The molecule has 0 aromatic heterocycles. The molecule has 0 radical (unpaired) electrons. The molecule has 2 amide bonds. The number of benzene rings is 1. The molecule has 1 heterocycles. The number of nitrogens with two attached hydrogens (primary N) is 1. The van der Waals surface area contributed by atoms with Crippen LogP contribution in [-0.4, -0.2) is 30.0 Å². The first-order valence-electron chi connectivity index (χ1n) is 5.66. The van der Waals surface area contributed by atoms with E-state index in [1.807, 2.05) is 0 Å². The Hall–Kier alpha value is -2.00. The Balaban J connectivity index is 2.54. The van der Waals surface area contributed by atoms with Crippen LogP contribution in [0.2, 0.25) is 0 Å². The Morgan fingerprint density at radius 3 is 2.29 bits per heavy atom. The minimum Gasteiger partial charge on any atom is -0.389 e. The first-order chi connectivity index (χ1) is 9.71. The number of thiocarbonyl (C=S) groups is 1. The SMILES string of the molecule is NC(=S)c1ccc(N2C(=O)COCC2=O)cc1C(F)(F)F. The van der Waals surface area contributed by atoms with Crippen LogP contribution < -0.4 is 10.6 Å². The second kappa shape index (κ2) is 5.41. The lowest BCUT2D eigenvalue weighted by atomic mass is 10.1. The van der Waals surface area contributed by atoms with Gasteiger partial charge in [0.1, 0.15) is 18.2 Å². The van der Waals surface area contributed by atoms with Gasteiger partial charge in [-0.2, -0.15) is 13.2 Å². The van der Waals surface area contributed by atoms with Crippen molar-refractivity contribution in [3.05, 3.63) is 29.3 Å². The van der Waals surface area contributed by atoms with E-state index in [1.54, 1.807) is 0 Å². The quantitative estimate of drug-likeness (QED) is 0.656. The van der Waals surface area contributed by atoms with E-state index in [4.69, 9.17) is 10.5 Å². The highest BCUT2D eigenvalue weighted by Gasteiger charge is 2.36. The van der Waals surface area contributed by atoms with Gasteiger partial charge in [-0.15, -0.1) is 0 Å². The first kappa shape index (κ1) is 15.4. The molecular formula is C12H9F3N2O3S. The van der Waals surface area contributed by atoms with Gasteiger partial charge in [-0.25, -0.2) is 4.90 Å². The molecule has 1 saturated heterocycles. The maximum Gasteiger partial charge on any atom is 0.417 e. The number of anilines is 1. The number of hydrogen-bond donors (Lipinski definition) is 1. The van der Waals surface area contributed by atoms with E-state index in [0.717, 1.165) is 6.07 Å². The van der Waals surface area contributed by atoms with Crippen LogP contribution in [-0.2, 0) is 20.5 Å². The molecule has 0 unspecified atom stereocenters. The van der Waals surface area contributed by atoms with Gasteiger partial charge >= 0.3 is 6.18 Å². The van der Waals surface area contributed by atoms with Crippen LogP contribution in [0.5, 0.6) is 0 Å². The third-order valence-electron chi connectivity index (χ3n) is 2.78. The van der Waals surface area contributed by atoms with Crippen molar-refractivity contribution in [3.63, 3.8) is 0 Å². The molecule has 21 heavy (non-hydrogen) atoms. The second-order valence-electron chi connectivity index (χ2n) is 4.21. The summed E-state index contributed by atoms with van der Waals surface area (Å²) >= 11 is 4.57. The average Bonchev–Trinajstić information content (AvgIpc) is 2.37. The van der Waals surface area contributed by atoms with E-state index in [0.29, 0.717) is 11.0 Å². The molecule has 0 spiro atoms. The molecule has 9 heteroatoms. The number of amides is 2. The summed E-state index contributed by atoms with van der Waals surface area (Å²) in [5.74, 6) is -1.47. The van der Waals surface area contributed by atoms with Gasteiger partial charge in [0.25, 0.3) is 11.8 Å². The van der Waals surface area contributed by atoms with Crippen LogP contribution in [0.15, 0.2) is 18.2 Å². The summed E-state index contributed by atoms with van der Waals surface area (Å²) in [4.78, 5) is 23.5. The van der Waals surface area contributed by atoms with Gasteiger partial charge < -0.3 is 10.5 Å². The van der Waals surface area contributed by atoms with E-state index < -0.39 is 28.5 Å². The van der Waals surface area contributed by atoms with Gasteiger partial charge in [0.15, 0.2) is 0 Å². The Kier molecular flexibility index (Phi) is 3.97. The van der Waals surface area contributed by atoms with Crippen molar-refractivity contribution in [2.24, 2.45) is 5.73 Å². The average molecular weight is 318 g/mol. The second-order valence-corrected chi connectivity index (χ2v) is 4.65. The van der Waals surface area contributed by atoms with Crippen molar-refractivity contribution >= 4 is 34.7 Å². The number of halogens is 3. The van der Waals surface area contributed by atoms with Crippen LogP contribution in [0, 0.1) is 0 Å². The molecule has 1 fully saturated rings. The van der Waals surface area contributed by atoms with E-state index >= 15 is 0 Å². The number of hydrogen-bond acceptors (Lipinski definition) is 4. The van der Waals surface area contributed by atoms with E-state index in [9.17, 15) is 22.8 Å². The summed E-state index contributed by atoms with van der Waals surface area (Å²) in [6.45, 7) is -0.742. The van der Waals surface area contributed by atoms with Crippen molar-refractivity contribution in [3.8, 4) is 0 Å². The van der Waals surface area contributed by atoms with Crippen LogP contribution in [0.3, 0.4) is 0 Å². The predicted molar refractivity (Wildman–Crippen MR) is 70.6 cm³/mol. The number of morpholine rings is 1. The highest BCUT2D eigenvalue weighted by molar-refractivity contribution is 7.80. The smallest absolute Gasteiger partial charge is 0.389 e. The number of imide groups is 1. The van der Waals surface area contributed by atoms with Crippen LogP contribution in [0.4, 0.5) is 18.9 Å². The number of rotatable bonds is 2. The summed E-state index contributed by atoms with van der Waals surface area (Å²) in [7, 11) is 0. The predicted octanol–water partition coefficient (Wildman–Crippen LogP) is 1.23. The summed E-state index contributed by atoms with van der Waals surface area (Å²) < 4.78 is 43.8. The monoisotopic (exact) mass is 318 g/mol. The standard InChI is InChI=1S/C12H9F3N2O3S/c13-12(14,15)8-3-6(1-2-7(8)11(16)21)17-9(18)4-20-5-10(17)19/h1-3H,4-5H2,(H2,16,21). The van der Waals surface area contributed by atoms with Crippen molar-refractivity contribution in [2.75, 3.05) is 18.1 Å². The molecule has 1 aromatic carbocycles. The zero-order valence-electron chi connectivity index (χ0n) is 10.4. The van der Waals surface area contributed by atoms with Crippen molar-refractivity contribution in [1.29, 1.82) is 0 Å². The number of carbonyl (C=O) groups is 2. The maximum absolute atomic E-state index is 13.0. The van der Waals surface area contributed by atoms with Crippen molar-refractivity contribution < 1.29 is 27.5 Å². The zero-order valence-corrected chi connectivity index (χ0v) is 11.3. The third kappa shape index (κ3) is 3.03. The molecule has 0 aliphatic carbocycles. The molecule has 112 valence electrons. The van der Waals surface area contributed by atoms with Crippen molar-refractivity contribution in [2.45, 2.75) is 6.18 Å². The Labute approximate surface area is 122 Å². The molecule has 0 saturated carbocycles. The molecular weight excluding hydrogens is 309 g/mol. The summed E-state index contributed by atoms with van der Waals surface area (Å²) in [6.07, 6.45) is -4.72. The number of alkyl halides is 3. The Morgan fingerprint density at radius 2 is 1.81 bits per heavy atom. The molecule has 2 N–H and O–H groups in total. The van der Waals surface area contributed by atoms with Gasteiger partial charge in [0, 0.05) is 5.56 Å². The fraction of sp³-hybridized carbons (Fsp3) is 0.250. The number of nitrogens with zero attached hydrogens (tertiary/aromatic N) is 1. The summed E-state index contributed by atoms with van der Waals surface area (Å²) in [5.41, 5.74) is 3.60. The van der Waals surface area contributed by atoms with Gasteiger partial charge in [0.2, 0.25) is 0 Å². The van der Waals surface area contributed by atoms with Crippen molar-refractivity contribution in [1.82, 2.24) is 0 Å². The highest BCUT2D eigenvalue weighted by atomic mass is 32.1. The maximum atomic E-state index is 13.0. The third-order valence-corrected chi connectivity index (χ3v) is 3.00. The minimum absolute atomic E-state index is 0.194. The lowest BCUT2D eigenvalue weighted by Gasteiger charge is -2.26. The highest BCUT2D eigenvalue weighted by Crippen LogP contribution is 2.35. The van der Waals surface area contributed by atoms with Gasteiger partial charge in [-0.05, 0) is 18.2 Å². The Bertz CT molecular complexity index is 615. The molecule has 5 nitrogen and oxygen atoms in total. The molecule has 1 aliphatic rings. The summed E-state index contributed by atoms with van der Waals surface area (Å²) in [5, 5.41) is 0. The molecule has 2 rings (SSSR count).